The van der Waals surface area contributed by atoms with Gasteiger partial charge in [0.05, 0.1) is 22.1 Å². The summed E-state index contributed by atoms with van der Waals surface area (Å²) in [7, 11) is -2.60. The minimum atomic E-state index is -2.60. The van der Waals surface area contributed by atoms with Crippen LogP contribution in [0.4, 0.5) is 0 Å². The molecule has 2 nitrogen and oxygen atoms in total. The highest BCUT2D eigenvalue weighted by molar-refractivity contribution is 7.24. The maximum atomic E-state index is 2.57. The number of benzene rings is 10. The molecule has 0 amide bonds. The molecule has 3 heteroatoms. The molecule has 14 rings (SSSR count). The third-order valence-electron chi connectivity index (χ3n) is 14.2. The van der Waals surface area contributed by atoms with Crippen molar-refractivity contribution in [1.29, 1.82) is 0 Å². The van der Waals surface area contributed by atoms with E-state index >= 15 is 0 Å². The van der Waals surface area contributed by atoms with E-state index in [0.29, 0.717) is 0 Å². The Bertz CT molecular complexity index is 3770. The lowest BCUT2D eigenvalue weighted by atomic mass is 10.0. The summed E-state index contributed by atoms with van der Waals surface area (Å²) in [6.07, 6.45) is 0. The first kappa shape index (κ1) is 34.7. The van der Waals surface area contributed by atoms with Crippen molar-refractivity contribution < 1.29 is 0 Å². The Kier molecular flexibility index (Phi) is 7.17. The van der Waals surface area contributed by atoms with Crippen LogP contribution in [0.5, 0.6) is 0 Å². The molecule has 0 atom stereocenters. The Labute approximate surface area is 366 Å². The third-order valence-corrected chi connectivity index (χ3v) is 19.1. The number of fused-ring (bicyclic) bond motifs is 17. The highest BCUT2D eigenvalue weighted by atomic mass is 28.3. The average molecular weight is 815 g/mol. The Balaban J connectivity index is 0.963. The minimum Gasteiger partial charge on any atom is -0.309 e. The third kappa shape index (κ3) is 4.66. The van der Waals surface area contributed by atoms with Crippen LogP contribution in [0.2, 0.25) is 0 Å². The smallest absolute Gasteiger partial charge is 0.182 e. The van der Waals surface area contributed by atoms with Gasteiger partial charge in [-0.2, -0.15) is 0 Å². The largest absolute Gasteiger partial charge is 0.309 e. The predicted molar refractivity (Wildman–Crippen MR) is 268 cm³/mol. The molecular formula is C60H38N2Si. The number of para-hydroxylation sites is 2. The molecule has 1 spiro atoms. The summed E-state index contributed by atoms with van der Waals surface area (Å²) in [5.41, 5.74) is 17.6. The molecule has 0 saturated heterocycles. The number of hydrogen-bond acceptors (Lipinski definition) is 0. The summed E-state index contributed by atoms with van der Waals surface area (Å²) in [5.74, 6) is 0. The van der Waals surface area contributed by atoms with Crippen molar-refractivity contribution in [3.05, 3.63) is 231 Å². The highest BCUT2D eigenvalue weighted by Crippen LogP contribution is 2.43. The lowest BCUT2D eigenvalue weighted by molar-refractivity contribution is 1.17. The monoisotopic (exact) mass is 814 g/mol. The molecule has 4 heterocycles. The molecule has 0 aliphatic carbocycles. The first-order valence-corrected chi connectivity index (χ1v) is 23.9. The van der Waals surface area contributed by atoms with E-state index in [1.165, 1.54) is 115 Å². The van der Waals surface area contributed by atoms with E-state index < -0.39 is 8.07 Å². The Morgan fingerprint density at radius 3 is 1.16 bits per heavy atom. The maximum absolute atomic E-state index is 2.60. The summed E-state index contributed by atoms with van der Waals surface area (Å²) >= 11 is 0. The van der Waals surface area contributed by atoms with Crippen molar-refractivity contribution in [1.82, 2.24) is 9.13 Å². The summed E-state index contributed by atoms with van der Waals surface area (Å²) in [5, 5.41) is 11.1. The lowest BCUT2D eigenvalue weighted by Crippen LogP contribution is -2.70. The van der Waals surface area contributed by atoms with Gasteiger partial charge in [0.25, 0.3) is 0 Å². The van der Waals surface area contributed by atoms with Crippen molar-refractivity contribution >= 4 is 72.4 Å². The fraction of sp³-hybridized carbons (Fsp3) is 0. The molecule has 292 valence electrons. The zero-order chi connectivity index (χ0) is 41.2. The van der Waals surface area contributed by atoms with Gasteiger partial charge in [0.1, 0.15) is 0 Å². The van der Waals surface area contributed by atoms with E-state index in [1.54, 1.807) is 0 Å². The van der Waals surface area contributed by atoms with Crippen molar-refractivity contribution in [3.63, 3.8) is 0 Å². The first-order valence-electron chi connectivity index (χ1n) is 21.9. The van der Waals surface area contributed by atoms with Crippen molar-refractivity contribution in [3.8, 4) is 55.9 Å². The second-order valence-corrected chi connectivity index (χ2v) is 20.8. The molecule has 10 aromatic carbocycles. The van der Waals surface area contributed by atoms with Gasteiger partial charge in [-0.1, -0.05) is 182 Å². The molecule has 0 radical (unpaired) electrons. The second kappa shape index (κ2) is 13.0. The lowest BCUT2D eigenvalue weighted by Gasteiger charge is -2.28. The van der Waals surface area contributed by atoms with Gasteiger partial charge in [0, 0.05) is 32.9 Å². The average Bonchev–Trinajstić information content (AvgIpc) is 4.06. The van der Waals surface area contributed by atoms with Crippen LogP contribution in [0, 0.1) is 0 Å². The summed E-state index contributed by atoms with van der Waals surface area (Å²) in [4.78, 5) is 0. The van der Waals surface area contributed by atoms with Gasteiger partial charge in [0.2, 0.25) is 0 Å². The van der Waals surface area contributed by atoms with Crippen LogP contribution in [-0.2, 0) is 0 Å². The highest BCUT2D eigenvalue weighted by Gasteiger charge is 2.53. The van der Waals surface area contributed by atoms with Gasteiger partial charge in [-0.3, -0.25) is 0 Å². The minimum absolute atomic E-state index is 1.15. The normalized spacial score (nSPS) is 13.2. The molecule has 0 fully saturated rings. The van der Waals surface area contributed by atoms with Gasteiger partial charge in [-0.15, -0.1) is 0 Å². The molecule has 2 aliphatic heterocycles. The fourth-order valence-electron chi connectivity index (χ4n) is 11.6. The quantitative estimate of drug-likeness (QED) is 0.157. The van der Waals surface area contributed by atoms with Crippen LogP contribution >= 0.6 is 0 Å². The number of hydrogen-bond donors (Lipinski definition) is 0. The van der Waals surface area contributed by atoms with Crippen LogP contribution in [0.15, 0.2) is 231 Å². The van der Waals surface area contributed by atoms with Gasteiger partial charge >= 0.3 is 0 Å². The SMILES string of the molecule is c1ccc(-c2ccc(-c3ccc(-n4c5ccccc5c5c6c7ccccc7n(-c7ccc8c(c7)[Si]7(c9ccccc9-c9ccccc97)c7ccccc7-8)c6ccc54)cc3)cc2)cc1. The first-order chi connectivity index (χ1) is 31.3. The Morgan fingerprint density at radius 1 is 0.254 bits per heavy atom. The zero-order valence-electron chi connectivity index (χ0n) is 34.3. The van der Waals surface area contributed by atoms with E-state index in [4.69, 9.17) is 0 Å². The Morgan fingerprint density at radius 2 is 0.635 bits per heavy atom. The number of aromatic nitrogens is 2. The van der Waals surface area contributed by atoms with E-state index in [1.807, 2.05) is 0 Å². The van der Waals surface area contributed by atoms with Crippen molar-refractivity contribution in [2.75, 3.05) is 0 Å². The van der Waals surface area contributed by atoms with Crippen LogP contribution in [0.3, 0.4) is 0 Å². The van der Waals surface area contributed by atoms with E-state index in [-0.39, 0.29) is 0 Å². The van der Waals surface area contributed by atoms with Gasteiger partial charge in [-0.25, -0.2) is 0 Å². The van der Waals surface area contributed by atoms with Gasteiger partial charge in [-0.05, 0) is 114 Å². The van der Waals surface area contributed by atoms with Crippen LogP contribution in [-0.4, -0.2) is 17.2 Å². The molecule has 0 N–H and O–H groups in total. The Hall–Kier alpha value is -7.98. The van der Waals surface area contributed by atoms with E-state index in [9.17, 15) is 0 Å². The predicted octanol–water partition coefficient (Wildman–Crippen LogP) is 12.6. The molecular weight excluding hydrogens is 777 g/mol. The maximum Gasteiger partial charge on any atom is 0.182 e. The fourth-order valence-corrected chi connectivity index (χ4v) is 17.2. The summed E-state index contributed by atoms with van der Waals surface area (Å²) in [6.45, 7) is 0. The van der Waals surface area contributed by atoms with Crippen LogP contribution < -0.4 is 20.7 Å². The summed E-state index contributed by atoms with van der Waals surface area (Å²) in [6, 6.07) is 86.3. The number of nitrogens with zero attached hydrogens (tertiary/aromatic N) is 2. The molecule has 2 aliphatic rings. The molecule has 0 bridgehead atoms. The summed E-state index contributed by atoms with van der Waals surface area (Å²) < 4.78 is 4.99. The van der Waals surface area contributed by atoms with E-state index in [2.05, 4.69) is 240 Å². The van der Waals surface area contributed by atoms with E-state index in [0.717, 1.165) is 5.69 Å². The number of rotatable bonds is 4. The standard InChI is InChI=1S/C60H38N2Si/c1-2-14-39(15-3-1)40-26-28-41(29-27-40)42-30-32-43(33-31-42)61-51-21-9-4-19-49(51)59-53(61)36-37-54-60(59)50-20-5-10-22-52(50)62(54)44-34-35-48-47-18-8-13-25-57(47)63(58(48)38-44)55-23-11-6-16-45(55)46-17-7-12-24-56(46)63/h1-38H. The molecule has 12 aromatic rings. The molecule has 63 heavy (non-hydrogen) atoms. The van der Waals surface area contributed by atoms with Gasteiger partial charge < -0.3 is 9.13 Å². The van der Waals surface area contributed by atoms with Crippen molar-refractivity contribution in [2.24, 2.45) is 0 Å². The van der Waals surface area contributed by atoms with Gasteiger partial charge in [0.15, 0.2) is 8.07 Å². The molecule has 2 aromatic heterocycles. The zero-order valence-corrected chi connectivity index (χ0v) is 35.3. The second-order valence-electron chi connectivity index (χ2n) is 17.2. The molecule has 0 unspecified atom stereocenters. The van der Waals surface area contributed by atoms with Crippen LogP contribution in [0.1, 0.15) is 0 Å². The molecule has 0 saturated carbocycles. The van der Waals surface area contributed by atoms with Crippen LogP contribution in [0.25, 0.3) is 99.5 Å². The topological polar surface area (TPSA) is 9.86 Å². The van der Waals surface area contributed by atoms with Crippen molar-refractivity contribution in [2.45, 2.75) is 0 Å².